The normalized spacial score (nSPS) is 13.2. The van der Waals surface area contributed by atoms with Gasteiger partial charge in [-0.25, -0.2) is 8.78 Å². The lowest BCUT2D eigenvalue weighted by atomic mass is 10.1. The lowest BCUT2D eigenvalue weighted by Gasteiger charge is -2.16. The molecule has 0 bridgehead atoms. The fourth-order valence-corrected chi connectivity index (χ4v) is 1.47. The minimum atomic E-state index is -4.49. The fraction of sp³-hybridized carbons (Fsp3) is 0.364. The van der Waals surface area contributed by atoms with E-state index in [4.69, 9.17) is 5.73 Å². The van der Waals surface area contributed by atoms with E-state index in [1.807, 2.05) is 5.32 Å². The molecular formula is C11H11F5N2O. The monoisotopic (exact) mass is 282 g/mol. The number of halogens is 5. The number of carbonyl (C=O) groups excluding carboxylic acids is 1. The van der Waals surface area contributed by atoms with Crippen LogP contribution in [0, 0.1) is 11.6 Å². The summed E-state index contributed by atoms with van der Waals surface area (Å²) in [5, 5.41) is 1.87. The molecule has 3 N–H and O–H groups in total. The second-order valence-electron chi connectivity index (χ2n) is 4.02. The third-order valence-electron chi connectivity index (χ3n) is 2.26. The largest absolute Gasteiger partial charge is 0.396 e. The van der Waals surface area contributed by atoms with Crippen molar-refractivity contribution in [1.82, 2.24) is 5.32 Å². The highest BCUT2D eigenvalue weighted by atomic mass is 19.4. The van der Waals surface area contributed by atoms with E-state index < -0.39 is 47.4 Å². The highest BCUT2D eigenvalue weighted by Crippen LogP contribution is 2.22. The van der Waals surface area contributed by atoms with Crippen LogP contribution < -0.4 is 11.1 Å². The molecule has 0 saturated heterocycles. The van der Waals surface area contributed by atoms with Crippen LogP contribution in [-0.2, 0) is 0 Å². The Hall–Kier alpha value is -1.86. The number of alkyl halides is 3. The maximum absolute atomic E-state index is 13.5. The van der Waals surface area contributed by atoms with Crippen molar-refractivity contribution < 1.29 is 26.7 Å². The first-order valence-corrected chi connectivity index (χ1v) is 5.23. The third-order valence-corrected chi connectivity index (χ3v) is 2.26. The number of benzene rings is 1. The van der Waals surface area contributed by atoms with Gasteiger partial charge in [0.25, 0.3) is 5.91 Å². The standard InChI is InChI=1S/C11H11F5N2O/c1-5(4-11(14,15)16)18-10(19)8-6(12)2-3-7(17)9(8)13/h2-3,5H,4,17H2,1H3,(H,18,19). The third kappa shape index (κ3) is 4.08. The Morgan fingerprint density at radius 2 is 1.95 bits per heavy atom. The van der Waals surface area contributed by atoms with Gasteiger partial charge in [0.05, 0.1) is 12.1 Å². The van der Waals surface area contributed by atoms with Crippen LogP contribution in [0.5, 0.6) is 0 Å². The van der Waals surface area contributed by atoms with Crippen molar-refractivity contribution in [3.05, 3.63) is 29.3 Å². The summed E-state index contributed by atoms with van der Waals surface area (Å²) >= 11 is 0. The van der Waals surface area contributed by atoms with Crippen molar-refractivity contribution in [3.8, 4) is 0 Å². The lowest BCUT2D eigenvalue weighted by Crippen LogP contribution is -2.36. The molecule has 0 aliphatic heterocycles. The molecule has 0 aromatic heterocycles. The average Bonchev–Trinajstić information content (AvgIpc) is 2.21. The predicted octanol–water partition coefficient (Wildman–Crippen LogP) is 2.62. The highest BCUT2D eigenvalue weighted by molar-refractivity contribution is 5.95. The van der Waals surface area contributed by atoms with Crippen LogP contribution in [0.3, 0.4) is 0 Å². The van der Waals surface area contributed by atoms with Crippen molar-refractivity contribution in [1.29, 1.82) is 0 Å². The molecular weight excluding hydrogens is 271 g/mol. The van der Waals surface area contributed by atoms with E-state index >= 15 is 0 Å². The molecule has 3 nitrogen and oxygen atoms in total. The molecule has 19 heavy (non-hydrogen) atoms. The zero-order chi connectivity index (χ0) is 14.8. The second kappa shape index (κ2) is 5.41. The number of carbonyl (C=O) groups is 1. The van der Waals surface area contributed by atoms with Gasteiger partial charge >= 0.3 is 6.18 Å². The minimum Gasteiger partial charge on any atom is -0.396 e. The fourth-order valence-electron chi connectivity index (χ4n) is 1.47. The van der Waals surface area contributed by atoms with E-state index in [9.17, 15) is 26.7 Å². The molecule has 1 atom stereocenters. The Morgan fingerprint density at radius 3 is 2.47 bits per heavy atom. The molecule has 0 saturated carbocycles. The zero-order valence-corrected chi connectivity index (χ0v) is 9.81. The van der Waals surface area contributed by atoms with Crippen LogP contribution in [0.4, 0.5) is 27.6 Å². The van der Waals surface area contributed by atoms with Gasteiger partial charge in [-0.1, -0.05) is 0 Å². The average molecular weight is 282 g/mol. The summed E-state index contributed by atoms with van der Waals surface area (Å²) in [7, 11) is 0. The van der Waals surface area contributed by atoms with Crippen molar-refractivity contribution in [2.45, 2.75) is 25.6 Å². The van der Waals surface area contributed by atoms with Crippen molar-refractivity contribution in [3.63, 3.8) is 0 Å². The van der Waals surface area contributed by atoms with Gasteiger partial charge in [0, 0.05) is 6.04 Å². The maximum atomic E-state index is 13.5. The van der Waals surface area contributed by atoms with Crippen LogP contribution in [0.1, 0.15) is 23.7 Å². The summed E-state index contributed by atoms with van der Waals surface area (Å²) in [6, 6.07) is 0.371. The summed E-state index contributed by atoms with van der Waals surface area (Å²) in [5.41, 5.74) is 3.70. The van der Waals surface area contributed by atoms with E-state index in [1.165, 1.54) is 0 Å². The molecule has 1 amide bonds. The molecule has 1 aromatic carbocycles. The van der Waals surface area contributed by atoms with Crippen LogP contribution in [0.2, 0.25) is 0 Å². The molecule has 1 rings (SSSR count). The maximum Gasteiger partial charge on any atom is 0.391 e. The quantitative estimate of drug-likeness (QED) is 0.661. The summed E-state index contributed by atoms with van der Waals surface area (Å²) in [5.74, 6) is -3.76. The van der Waals surface area contributed by atoms with Gasteiger partial charge in [-0.05, 0) is 19.1 Å². The Balaban J connectivity index is 2.88. The van der Waals surface area contributed by atoms with Crippen molar-refractivity contribution >= 4 is 11.6 Å². The van der Waals surface area contributed by atoms with E-state index in [-0.39, 0.29) is 0 Å². The molecule has 106 valence electrons. The molecule has 1 aromatic rings. The molecule has 0 spiro atoms. The van der Waals surface area contributed by atoms with Gasteiger partial charge in [-0.2, -0.15) is 13.2 Å². The molecule has 0 aliphatic rings. The van der Waals surface area contributed by atoms with Gasteiger partial charge in [-0.15, -0.1) is 0 Å². The first-order chi connectivity index (χ1) is 8.61. The smallest absolute Gasteiger partial charge is 0.391 e. The van der Waals surface area contributed by atoms with Crippen LogP contribution in [0.25, 0.3) is 0 Å². The first-order valence-electron chi connectivity index (χ1n) is 5.23. The molecule has 8 heteroatoms. The van der Waals surface area contributed by atoms with Gasteiger partial charge in [0.2, 0.25) is 0 Å². The van der Waals surface area contributed by atoms with E-state index in [0.717, 1.165) is 19.1 Å². The highest BCUT2D eigenvalue weighted by Gasteiger charge is 2.31. The SMILES string of the molecule is CC(CC(F)(F)F)NC(=O)c1c(F)ccc(N)c1F. The Morgan fingerprint density at radius 1 is 1.37 bits per heavy atom. The summed E-state index contributed by atoms with van der Waals surface area (Å²) in [6.45, 7) is 1.08. The molecule has 0 radical (unpaired) electrons. The van der Waals surface area contributed by atoms with Crippen molar-refractivity contribution in [2.75, 3.05) is 5.73 Å². The minimum absolute atomic E-state index is 0.463. The summed E-state index contributed by atoms with van der Waals surface area (Å²) in [6.07, 6.45) is -5.79. The number of hydrogen-bond donors (Lipinski definition) is 2. The topological polar surface area (TPSA) is 55.1 Å². The molecule has 0 aliphatic carbocycles. The first kappa shape index (κ1) is 15.2. The summed E-state index contributed by atoms with van der Waals surface area (Å²) < 4.78 is 62.9. The molecule has 0 fully saturated rings. The van der Waals surface area contributed by atoms with Crippen LogP contribution in [-0.4, -0.2) is 18.1 Å². The number of nitrogens with two attached hydrogens (primary N) is 1. The van der Waals surface area contributed by atoms with Gasteiger partial charge in [0.15, 0.2) is 5.82 Å². The predicted molar refractivity (Wildman–Crippen MR) is 58.4 cm³/mol. The Kier molecular flexibility index (Phi) is 4.33. The number of nitrogen functional groups attached to an aromatic ring is 1. The van der Waals surface area contributed by atoms with E-state index in [1.54, 1.807) is 0 Å². The van der Waals surface area contributed by atoms with Crippen molar-refractivity contribution in [2.24, 2.45) is 0 Å². The van der Waals surface area contributed by atoms with Gasteiger partial charge in [-0.3, -0.25) is 4.79 Å². The number of hydrogen-bond acceptors (Lipinski definition) is 2. The molecule has 1 unspecified atom stereocenters. The molecule has 0 heterocycles. The zero-order valence-electron chi connectivity index (χ0n) is 9.81. The lowest BCUT2D eigenvalue weighted by molar-refractivity contribution is -0.138. The number of nitrogens with one attached hydrogen (secondary N) is 1. The number of amides is 1. The van der Waals surface area contributed by atoms with Crippen LogP contribution >= 0.6 is 0 Å². The van der Waals surface area contributed by atoms with Gasteiger partial charge in [0.1, 0.15) is 11.4 Å². The Labute approximate surface area is 105 Å². The Bertz CT molecular complexity index is 487. The number of rotatable bonds is 3. The van der Waals surface area contributed by atoms with E-state index in [2.05, 4.69) is 0 Å². The second-order valence-corrected chi connectivity index (χ2v) is 4.02. The van der Waals surface area contributed by atoms with E-state index in [0.29, 0.717) is 0 Å². The summed E-state index contributed by atoms with van der Waals surface area (Å²) in [4.78, 5) is 11.5. The van der Waals surface area contributed by atoms with Gasteiger partial charge < -0.3 is 11.1 Å². The van der Waals surface area contributed by atoms with Crippen LogP contribution in [0.15, 0.2) is 12.1 Å². The number of anilines is 1.